The number of hydrogen-bond donors (Lipinski definition) is 0. The van der Waals surface area contributed by atoms with Crippen molar-refractivity contribution in [3.8, 4) is 17.0 Å². The first-order valence-electron chi connectivity index (χ1n) is 4.43. The van der Waals surface area contributed by atoms with Gasteiger partial charge < -0.3 is 4.74 Å². The smallest absolute Gasteiger partial charge is 0.137 e. The highest BCUT2D eigenvalue weighted by Gasteiger charge is 2.04. The molecule has 0 aliphatic rings. The Hall–Kier alpha value is -1.61. The summed E-state index contributed by atoms with van der Waals surface area (Å²) in [6.45, 7) is 0. The summed E-state index contributed by atoms with van der Waals surface area (Å²) in [6, 6.07) is 9.23. The maximum absolute atomic E-state index is 6.01. The lowest BCUT2D eigenvalue weighted by Gasteiger charge is -2.04. The van der Waals surface area contributed by atoms with E-state index in [1.54, 1.807) is 13.3 Å². The Kier molecular flexibility index (Phi) is 2.83. The van der Waals surface area contributed by atoms with E-state index in [-0.39, 0.29) is 0 Å². The first-order valence-corrected chi connectivity index (χ1v) is 4.80. The minimum Gasteiger partial charge on any atom is -0.495 e. The topological polar surface area (TPSA) is 35.0 Å². The van der Waals surface area contributed by atoms with Crippen LogP contribution in [0.2, 0.25) is 5.02 Å². The summed E-state index contributed by atoms with van der Waals surface area (Å²) in [7, 11) is 1.59. The number of methoxy groups -OCH3 is 1. The molecule has 0 aliphatic heterocycles. The van der Waals surface area contributed by atoms with Crippen LogP contribution in [0.1, 0.15) is 0 Å². The Balaban J connectivity index is 2.43. The number of nitrogens with zero attached hydrogens (tertiary/aromatic N) is 2. The summed E-state index contributed by atoms with van der Waals surface area (Å²) in [4.78, 5) is 0. The molecule has 0 saturated heterocycles. The molecule has 3 nitrogen and oxygen atoms in total. The molecule has 0 bridgehead atoms. The number of benzene rings is 1. The van der Waals surface area contributed by atoms with Crippen LogP contribution in [0.25, 0.3) is 11.3 Å². The fourth-order valence-corrected chi connectivity index (χ4v) is 1.54. The van der Waals surface area contributed by atoms with Crippen LogP contribution in [0.15, 0.2) is 36.5 Å². The summed E-state index contributed by atoms with van der Waals surface area (Å²) in [5.41, 5.74) is 1.72. The first-order chi connectivity index (χ1) is 7.31. The van der Waals surface area contributed by atoms with Crippen molar-refractivity contribution in [3.05, 3.63) is 41.6 Å². The molecule has 0 radical (unpaired) electrons. The second kappa shape index (κ2) is 4.28. The first kappa shape index (κ1) is 9.93. The van der Waals surface area contributed by atoms with Crippen LogP contribution in [0.4, 0.5) is 0 Å². The summed E-state index contributed by atoms with van der Waals surface area (Å²) in [6.07, 6.45) is 1.63. The van der Waals surface area contributed by atoms with Crippen LogP contribution in [0.3, 0.4) is 0 Å². The molecule has 0 unspecified atom stereocenters. The molecule has 0 N–H and O–H groups in total. The van der Waals surface area contributed by atoms with E-state index >= 15 is 0 Å². The lowest BCUT2D eigenvalue weighted by Crippen LogP contribution is -1.88. The highest BCUT2D eigenvalue weighted by atomic mass is 35.5. The minimum absolute atomic E-state index is 0.570. The van der Waals surface area contributed by atoms with E-state index in [2.05, 4.69) is 10.2 Å². The Morgan fingerprint density at radius 1 is 1.27 bits per heavy atom. The predicted molar refractivity (Wildman–Crippen MR) is 59.0 cm³/mol. The van der Waals surface area contributed by atoms with Crippen LogP contribution in [-0.4, -0.2) is 17.3 Å². The van der Waals surface area contributed by atoms with E-state index < -0.39 is 0 Å². The van der Waals surface area contributed by atoms with Gasteiger partial charge >= 0.3 is 0 Å². The molecule has 1 heterocycles. The molecule has 0 fully saturated rings. The lowest BCUT2D eigenvalue weighted by atomic mass is 10.1. The molecule has 0 amide bonds. The van der Waals surface area contributed by atoms with Gasteiger partial charge in [-0.1, -0.05) is 11.6 Å². The van der Waals surface area contributed by atoms with Gasteiger partial charge in [0.25, 0.3) is 0 Å². The zero-order valence-electron chi connectivity index (χ0n) is 8.14. The van der Waals surface area contributed by atoms with Crippen molar-refractivity contribution >= 4 is 11.6 Å². The average molecular weight is 221 g/mol. The van der Waals surface area contributed by atoms with Gasteiger partial charge in [0.05, 0.1) is 17.8 Å². The van der Waals surface area contributed by atoms with Crippen LogP contribution < -0.4 is 4.74 Å². The Morgan fingerprint density at radius 3 is 2.73 bits per heavy atom. The van der Waals surface area contributed by atoms with Crippen molar-refractivity contribution in [2.24, 2.45) is 0 Å². The van der Waals surface area contributed by atoms with Crippen molar-refractivity contribution in [1.82, 2.24) is 10.2 Å². The van der Waals surface area contributed by atoms with Gasteiger partial charge in [-0.25, -0.2) is 0 Å². The van der Waals surface area contributed by atoms with E-state index in [4.69, 9.17) is 16.3 Å². The van der Waals surface area contributed by atoms with Crippen molar-refractivity contribution in [2.45, 2.75) is 0 Å². The van der Waals surface area contributed by atoms with Gasteiger partial charge in [-0.2, -0.15) is 10.2 Å². The normalized spacial score (nSPS) is 10.0. The Labute approximate surface area is 92.7 Å². The van der Waals surface area contributed by atoms with E-state index in [9.17, 15) is 0 Å². The molecule has 2 aromatic rings. The molecule has 0 atom stereocenters. The second-order valence-corrected chi connectivity index (χ2v) is 3.37. The van der Waals surface area contributed by atoms with Gasteiger partial charge in [-0.15, -0.1) is 0 Å². The Bertz CT molecular complexity index is 459. The molecule has 0 saturated carbocycles. The van der Waals surface area contributed by atoms with Crippen molar-refractivity contribution in [3.63, 3.8) is 0 Å². The summed E-state index contributed by atoms with van der Waals surface area (Å²) in [5.74, 6) is 0.657. The van der Waals surface area contributed by atoms with Crippen LogP contribution >= 0.6 is 11.6 Å². The second-order valence-electron chi connectivity index (χ2n) is 2.96. The van der Waals surface area contributed by atoms with E-state index in [1.807, 2.05) is 30.3 Å². The fourth-order valence-electron chi connectivity index (χ4n) is 1.28. The zero-order valence-corrected chi connectivity index (χ0v) is 8.90. The quantitative estimate of drug-likeness (QED) is 0.781. The molecular formula is C11H9ClN2O. The standard InChI is InChI=1S/C11H9ClN2O/c1-15-11-5-4-8(7-9(11)12)10-3-2-6-13-14-10/h2-7H,1H3. The molecule has 1 aromatic carbocycles. The van der Waals surface area contributed by atoms with Crippen LogP contribution in [0.5, 0.6) is 5.75 Å². The summed E-state index contributed by atoms with van der Waals surface area (Å²) >= 11 is 6.01. The summed E-state index contributed by atoms with van der Waals surface area (Å²) in [5, 5.41) is 8.38. The monoisotopic (exact) mass is 220 g/mol. The van der Waals surface area contributed by atoms with Gasteiger partial charge in [0.1, 0.15) is 5.75 Å². The number of ether oxygens (including phenoxy) is 1. The van der Waals surface area contributed by atoms with Gasteiger partial charge in [-0.05, 0) is 30.3 Å². The maximum Gasteiger partial charge on any atom is 0.137 e. The molecule has 15 heavy (non-hydrogen) atoms. The van der Waals surface area contributed by atoms with E-state index in [0.717, 1.165) is 11.3 Å². The van der Waals surface area contributed by atoms with E-state index in [1.165, 1.54) is 0 Å². The highest BCUT2D eigenvalue weighted by Crippen LogP contribution is 2.28. The van der Waals surface area contributed by atoms with Crippen molar-refractivity contribution in [1.29, 1.82) is 0 Å². The molecule has 0 aliphatic carbocycles. The summed E-state index contributed by atoms with van der Waals surface area (Å²) < 4.78 is 5.07. The highest BCUT2D eigenvalue weighted by molar-refractivity contribution is 6.32. The number of hydrogen-bond acceptors (Lipinski definition) is 3. The molecule has 0 spiro atoms. The van der Waals surface area contributed by atoms with Crippen molar-refractivity contribution < 1.29 is 4.74 Å². The van der Waals surface area contributed by atoms with Gasteiger partial charge in [0.2, 0.25) is 0 Å². The fraction of sp³-hybridized carbons (Fsp3) is 0.0909. The van der Waals surface area contributed by atoms with Gasteiger partial charge in [-0.3, -0.25) is 0 Å². The Morgan fingerprint density at radius 2 is 2.13 bits per heavy atom. The number of aromatic nitrogens is 2. The number of halogens is 1. The number of rotatable bonds is 2. The molecular weight excluding hydrogens is 212 g/mol. The van der Waals surface area contributed by atoms with Crippen LogP contribution in [0, 0.1) is 0 Å². The largest absolute Gasteiger partial charge is 0.495 e. The molecule has 1 aromatic heterocycles. The third-order valence-corrected chi connectivity index (χ3v) is 2.32. The minimum atomic E-state index is 0.570. The third-order valence-electron chi connectivity index (χ3n) is 2.02. The SMILES string of the molecule is COc1ccc(-c2cccnn2)cc1Cl. The third kappa shape index (κ3) is 2.07. The van der Waals surface area contributed by atoms with Gasteiger partial charge in [0, 0.05) is 11.8 Å². The lowest BCUT2D eigenvalue weighted by molar-refractivity contribution is 0.415. The molecule has 76 valence electrons. The average Bonchev–Trinajstić information content (AvgIpc) is 2.30. The van der Waals surface area contributed by atoms with Crippen molar-refractivity contribution in [2.75, 3.05) is 7.11 Å². The zero-order chi connectivity index (χ0) is 10.7. The van der Waals surface area contributed by atoms with Gasteiger partial charge in [0.15, 0.2) is 0 Å². The molecule has 2 rings (SSSR count). The van der Waals surface area contributed by atoms with E-state index in [0.29, 0.717) is 10.8 Å². The maximum atomic E-state index is 6.01. The van der Waals surface area contributed by atoms with Crippen LogP contribution in [-0.2, 0) is 0 Å². The predicted octanol–water partition coefficient (Wildman–Crippen LogP) is 2.81. The molecule has 4 heteroatoms.